The van der Waals surface area contributed by atoms with Gasteiger partial charge < -0.3 is 19.9 Å². The first-order valence-electron chi connectivity index (χ1n) is 8.07. The van der Waals surface area contributed by atoms with Crippen molar-refractivity contribution in [3.8, 4) is 0 Å². The molecular weight excluding hydrogens is 340 g/mol. The van der Waals surface area contributed by atoms with Crippen LogP contribution < -0.4 is 15.8 Å². The van der Waals surface area contributed by atoms with Crippen LogP contribution in [0.3, 0.4) is 0 Å². The Hall–Kier alpha value is -2.32. The fraction of sp³-hybridized carbons (Fsp3) is 0.353. The molecule has 0 aliphatic carbocycles. The van der Waals surface area contributed by atoms with Gasteiger partial charge in [-0.15, -0.1) is 0 Å². The van der Waals surface area contributed by atoms with Crippen LogP contribution in [-0.2, 0) is 9.53 Å². The number of hydrogen-bond donors (Lipinski definition) is 2. The number of benzene rings is 1. The quantitative estimate of drug-likeness (QED) is 0.624. The van der Waals surface area contributed by atoms with Crippen LogP contribution in [0.5, 0.6) is 0 Å². The van der Waals surface area contributed by atoms with Gasteiger partial charge in [0.1, 0.15) is 0 Å². The van der Waals surface area contributed by atoms with Gasteiger partial charge in [0.2, 0.25) is 5.91 Å². The van der Waals surface area contributed by atoms with Crippen LogP contribution in [0.15, 0.2) is 46.5 Å². The molecule has 0 radical (unpaired) electrons. The maximum atomic E-state index is 12.3. The zero-order valence-corrected chi connectivity index (χ0v) is 14.7. The van der Waals surface area contributed by atoms with E-state index >= 15 is 0 Å². The Morgan fingerprint density at radius 1 is 1.28 bits per heavy atom. The average molecular weight is 360 g/mol. The molecule has 1 amide bonds. The summed E-state index contributed by atoms with van der Waals surface area (Å²) in [5.74, 6) is -0.143. The minimum Gasteiger partial charge on any atom is -0.378 e. The van der Waals surface area contributed by atoms with Gasteiger partial charge in [0.05, 0.1) is 18.5 Å². The van der Waals surface area contributed by atoms with Crippen molar-refractivity contribution in [3.05, 3.63) is 46.9 Å². The third-order valence-electron chi connectivity index (χ3n) is 3.82. The lowest BCUT2D eigenvalue weighted by atomic mass is 10.2. The van der Waals surface area contributed by atoms with Crippen LogP contribution >= 0.6 is 11.8 Å². The molecule has 132 valence electrons. The first kappa shape index (κ1) is 17.5. The molecule has 1 atom stereocenters. The van der Waals surface area contributed by atoms with E-state index in [0.29, 0.717) is 5.16 Å². The molecule has 2 aromatic rings. The molecule has 0 saturated carbocycles. The lowest BCUT2D eigenvalue weighted by Crippen LogP contribution is -2.36. The molecule has 0 unspecified atom stereocenters. The van der Waals surface area contributed by atoms with Crippen molar-refractivity contribution in [2.24, 2.45) is 0 Å². The second kappa shape index (κ2) is 8.17. The molecule has 1 aliphatic heterocycles. The van der Waals surface area contributed by atoms with Crippen LogP contribution in [0.25, 0.3) is 0 Å². The fourth-order valence-electron chi connectivity index (χ4n) is 2.45. The van der Waals surface area contributed by atoms with Crippen LogP contribution in [0.1, 0.15) is 6.92 Å². The number of rotatable bonds is 5. The third kappa shape index (κ3) is 4.83. The SMILES string of the molecule is C[C@@H](Sc1nccc(=O)[nH]1)C(=O)Nc1ccc(N2CCOCC2)cc1. The molecule has 1 saturated heterocycles. The Morgan fingerprint density at radius 3 is 2.68 bits per heavy atom. The van der Waals surface area contributed by atoms with Gasteiger partial charge in [-0.1, -0.05) is 11.8 Å². The van der Waals surface area contributed by atoms with Crippen LogP contribution in [0.4, 0.5) is 11.4 Å². The number of thioether (sulfide) groups is 1. The first-order valence-corrected chi connectivity index (χ1v) is 8.95. The maximum Gasteiger partial charge on any atom is 0.251 e. The van der Waals surface area contributed by atoms with E-state index in [2.05, 4.69) is 20.2 Å². The molecule has 1 aromatic heterocycles. The smallest absolute Gasteiger partial charge is 0.251 e. The molecule has 0 bridgehead atoms. The van der Waals surface area contributed by atoms with Gasteiger partial charge in [0.15, 0.2) is 5.16 Å². The van der Waals surface area contributed by atoms with Crippen LogP contribution in [0, 0.1) is 0 Å². The molecule has 0 spiro atoms. The highest BCUT2D eigenvalue weighted by Crippen LogP contribution is 2.22. The molecule has 1 aromatic carbocycles. The Balaban J connectivity index is 1.57. The van der Waals surface area contributed by atoms with Gasteiger partial charge in [0.25, 0.3) is 5.56 Å². The van der Waals surface area contributed by atoms with Gasteiger partial charge in [-0.25, -0.2) is 4.98 Å². The molecular formula is C17H20N4O3S. The summed E-state index contributed by atoms with van der Waals surface area (Å²) in [4.78, 5) is 32.5. The number of amides is 1. The largest absolute Gasteiger partial charge is 0.378 e. The third-order valence-corrected chi connectivity index (χ3v) is 4.81. The molecule has 8 heteroatoms. The van der Waals surface area contributed by atoms with Crippen molar-refractivity contribution in [3.63, 3.8) is 0 Å². The molecule has 2 heterocycles. The van der Waals surface area contributed by atoms with Crippen molar-refractivity contribution in [2.45, 2.75) is 17.3 Å². The second-order valence-electron chi connectivity index (χ2n) is 5.63. The molecule has 1 fully saturated rings. The zero-order valence-electron chi connectivity index (χ0n) is 13.9. The number of anilines is 2. The lowest BCUT2D eigenvalue weighted by Gasteiger charge is -2.28. The number of carbonyl (C=O) groups is 1. The number of nitrogens with one attached hydrogen (secondary N) is 2. The predicted molar refractivity (Wildman–Crippen MR) is 98.3 cm³/mol. The van der Waals surface area contributed by atoms with E-state index in [9.17, 15) is 9.59 Å². The van der Waals surface area contributed by atoms with Crippen molar-refractivity contribution < 1.29 is 9.53 Å². The first-order chi connectivity index (χ1) is 12.1. The zero-order chi connectivity index (χ0) is 17.6. The lowest BCUT2D eigenvalue weighted by molar-refractivity contribution is -0.115. The highest BCUT2D eigenvalue weighted by molar-refractivity contribution is 8.00. The van der Waals surface area contributed by atoms with Gasteiger partial charge in [-0.05, 0) is 31.2 Å². The standard InChI is InChI=1S/C17H20N4O3S/c1-12(25-17-18-7-6-15(22)20-17)16(23)19-13-2-4-14(5-3-13)21-8-10-24-11-9-21/h2-7,12H,8-11H2,1H3,(H,19,23)(H,18,20,22)/t12-/m1/s1. The van der Waals surface area contributed by atoms with E-state index in [1.807, 2.05) is 24.3 Å². The van der Waals surface area contributed by atoms with E-state index < -0.39 is 0 Å². The molecule has 25 heavy (non-hydrogen) atoms. The summed E-state index contributed by atoms with van der Waals surface area (Å²) in [6.45, 7) is 5.00. The number of ether oxygens (including phenoxy) is 1. The summed E-state index contributed by atoms with van der Waals surface area (Å²) in [7, 11) is 0. The molecule has 7 nitrogen and oxygen atoms in total. The van der Waals surface area contributed by atoms with E-state index in [1.165, 1.54) is 24.0 Å². The minimum atomic E-state index is -0.385. The normalized spacial score (nSPS) is 15.6. The highest BCUT2D eigenvalue weighted by Gasteiger charge is 2.16. The second-order valence-corrected chi connectivity index (χ2v) is 6.96. The topological polar surface area (TPSA) is 87.3 Å². The maximum absolute atomic E-state index is 12.3. The Bertz CT molecular complexity index is 772. The Kier molecular flexibility index (Phi) is 5.72. The summed E-state index contributed by atoms with van der Waals surface area (Å²) in [6, 6.07) is 9.11. The number of H-pyrrole nitrogens is 1. The Morgan fingerprint density at radius 2 is 2.00 bits per heavy atom. The van der Waals surface area contributed by atoms with Gasteiger partial charge in [-0.2, -0.15) is 0 Å². The summed E-state index contributed by atoms with van der Waals surface area (Å²) >= 11 is 1.21. The molecule has 1 aliphatic rings. The number of aromatic amines is 1. The average Bonchev–Trinajstić information content (AvgIpc) is 2.63. The summed E-state index contributed by atoms with van der Waals surface area (Å²) < 4.78 is 5.35. The van der Waals surface area contributed by atoms with E-state index in [0.717, 1.165) is 37.7 Å². The van der Waals surface area contributed by atoms with Crippen LogP contribution in [-0.4, -0.2) is 47.4 Å². The monoisotopic (exact) mass is 360 g/mol. The van der Waals surface area contributed by atoms with E-state index in [-0.39, 0.29) is 16.7 Å². The molecule has 3 rings (SSSR count). The van der Waals surface area contributed by atoms with Crippen molar-refractivity contribution in [1.82, 2.24) is 9.97 Å². The van der Waals surface area contributed by atoms with E-state index in [4.69, 9.17) is 4.74 Å². The summed E-state index contributed by atoms with van der Waals surface area (Å²) in [6.07, 6.45) is 1.43. The van der Waals surface area contributed by atoms with Gasteiger partial charge in [0, 0.05) is 36.7 Å². The number of nitrogens with zero attached hydrogens (tertiary/aromatic N) is 2. The fourth-order valence-corrected chi connectivity index (χ4v) is 3.24. The minimum absolute atomic E-state index is 0.143. The number of carbonyl (C=O) groups excluding carboxylic acids is 1. The number of hydrogen-bond acceptors (Lipinski definition) is 6. The van der Waals surface area contributed by atoms with E-state index in [1.54, 1.807) is 6.92 Å². The molecule has 2 N–H and O–H groups in total. The Labute approximate surface area is 149 Å². The summed E-state index contributed by atoms with van der Waals surface area (Å²) in [5.41, 5.74) is 1.63. The van der Waals surface area contributed by atoms with Crippen molar-refractivity contribution >= 4 is 29.0 Å². The van der Waals surface area contributed by atoms with Gasteiger partial charge >= 0.3 is 0 Å². The van der Waals surface area contributed by atoms with Crippen molar-refractivity contribution in [2.75, 3.05) is 36.5 Å². The number of morpholine rings is 1. The number of aromatic nitrogens is 2. The predicted octanol–water partition coefficient (Wildman–Crippen LogP) is 1.73. The van der Waals surface area contributed by atoms with Crippen LogP contribution in [0.2, 0.25) is 0 Å². The van der Waals surface area contributed by atoms with Gasteiger partial charge in [-0.3, -0.25) is 9.59 Å². The highest BCUT2D eigenvalue weighted by atomic mass is 32.2. The van der Waals surface area contributed by atoms with Crippen molar-refractivity contribution in [1.29, 1.82) is 0 Å². The summed E-state index contributed by atoms with van der Waals surface area (Å²) in [5, 5.41) is 2.93.